The third-order valence-corrected chi connectivity index (χ3v) is 4.86. The van der Waals surface area contributed by atoms with Crippen LogP contribution < -0.4 is 4.74 Å². The SMILES string of the molecule is COc1ccccc1-c1nc(C(=O)ON2C(=O)c3ccccc3C2=O)cs1. The minimum absolute atomic E-state index is 0.00235. The van der Waals surface area contributed by atoms with Gasteiger partial charge >= 0.3 is 5.97 Å². The first-order chi connectivity index (χ1) is 13.1. The lowest BCUT2D eigenvalue weighted by Crippen LogP contribution is -2.32. The van der Waals surface area contributed by atoms with Crippen molar-refractivity contribution in [1.29, 1.82) is 0 Å². The highest BCUT2D eigenvalue weighted by molar-refractivity contribution is 7.13. The number of hydrogen-bond donors (Lipinski definition) is 0. The fourth-order valence-electron chi connectivity index (χ4n) is 2.69. The molecule has 0 spiro atoms. The maximum atomic E-state index is 12.4. The molecule has 0 radical (unpaired) electrons. The molecule has 4 rings (SSSR count). The Morgan fingerprint density at radius 1 is 0.963 bits per heavy atom. The van der Waals surface area contributed by atoms with Gasteiger partial charge in [0.2, 0.25) is 0 Å². The second-order valence-corrected chi connectivity index (χ2v) is 6.43. The summed E-state index contributed by atoms with van der Waals surface area (Å²) in [4.78, 5) is 46.2. The van der Waals surface area contributed by atoms with Gasteiger partial charge in [0.1, 0.15) is 10.8 Å². The van der Waals surface area contributed by atoms with Gasteiger partial charge in [-0.3, -0.25) is 9.59 Å². The molecule has 0 saturated carbocycles. The molecule has 0 unspecified atom stereocenters. The van der Waals surface area contributed by atoms with Gasteiger partial charge in [0.25, 0.3) is 11.8 Å². The van der Waals surface area contributed by atoms with E-state index >= 15 is 0 Å². The molecule has 0 bridgehead atoms. The van der Waals surface area contributed by atoms with Gasteiger partial charge in [-0.2, -0.15) is 0 Å². The standard InChI is InChI=1S/C19H12N2O5S/c1-25-15-9-5-4-8-13(15)16-20-14(10-27-16)19(24)26-21-17(22)11-6-2-3-7-12(11)18(21)23/h2-10H,1H3. The van der Waals surface area contributed by atoms with Crippen LogP contribution in [0.4, 0.5) is 0 Å². The predicted molar refractivity (Wildman–Crippen MR) is 96.5 cm³/mol. The summed E-state index contributed by atoms with van der Waals surface area (Å²) in [6.07, 6.45) is 0. The summed E-state index contributed by atoms with van der Waals surface area (Å²) in [7, 11) is 1.55. The van der Waals surface area contributed by atoms with E-state index in [2.05, 4.69) is 4.98 Å². The Morgan fingerprint density at radius 2 is 1.56 bits per heavy atom. The van der Waals surface area contributed by atoms with Crippen LogP contribution in [0.3, 0.4) is 0 Å². The quantitative estimate of drug-likeness (QED) is 0.646. The van der Waals surface area contributed by atoms with Crippen molar-refractivity contribution in [1.82, 2.24) is 10.0 Å². The number of benzene rings is 2. The highest BCUT2D eigenvalue weighted by Crippen LogP contribution is 2.32. The summed E-state index contributed by atoms with van der Waals surface area (Å²) in [6.45, 7) is 0. The van der Waals surface area contributed by atoms with E-state index < -0.39 is 17.8 Å². The van der Waals surface area contributed by atoms with E-state index in [1.165, 1.54) is 28.8 Å². The molecule has 3 aromatic rings. The predicted octanol–water partition coefficient (Wildman–Crippen LogP) is 3.19. The summed E-state index contributed by atoms with van der Waals surface area (Å²) in [5.74, 6) is -1.62. The maximum Gasteiger partial charge on any atom is 0.383 e. The Bertz CT molecular complexity index is 1040. The number of amides is 2. The molecule has 0 saturated heterocycles. The van der Waals surface area contributed by atoms with Crippen LogP contribution in [-0.2, 0) is 4.84 Å². The molecule has 1 aromatic heterocycles. The number of imide groups is 1. The van der Waals surface area contributed by atoms with Crippen molar-refractivity contribution in [2.75, 3.05) is 7.11 Å². The van der Waals surface area contributed by atoms with Gasteiger partial charge in [0, 0.05) is 5.38 Å². The first kappa shape index (κ1) is 16.9. The van der Waals surface area contributed by atoms with Gasteiger partial charge in [-0.15, -0.1) is 11.3 Å². The molecular weight excluding hydrogens is 368 g/mol. The largest absolute Gasteiger partial charge is 0.496 e. The Labute approximate surface area is 157 Å². The highest BCUT2D eigenvalue weighted by atomic mass is 32.1. The molecule has 0 aliphatic carbocycles. The second-order valence-electron chi connectivity index (χ2n) is 5.57. The van der Waals surface area contributed by atoms with E-state index in [-0.39, 0.29) is 16.8 Å². The average molecular weight is 380 g/mol. The Hall–Kier alpha value is -3.52. The van der Waals surface area contributed by atoms with Gasteiger partial charge < -0.3 is 9.57 Å². The molecule has 1 aliphatic heterocycles. The van der Waals surface area contributed by atoms with E-state index in [9.17, 15) is 14.4 Å². The van der Waals surface area contributed by atoms with Crippen molar-refractivity contribution >= 4 is 29.1 Å². The number of nitrogens with zero attached hydrogens (tertiary/aromatic N) is 2. The van der Waals surface area contributed by atoms with Crippen molar-refractivity contribution in [3.8, 4) is 16.3 Å². The molecule has 0 atom stereocenters. The number of hydroxylamine groups is 2. The van der Waals surface area contributed by atoms with E-state index in [0.717, 1.165) is 5.56 Å². The lowest BCUT2D eigenvalue weighted by molar-refractivity contribution is -0.0587. The number of fused-ring (bicyclic) bond motifs is 1. The van der Waals surface area contributed by atoms with Crippen LogP contribution >= 0.6 is 11.3 Å². The van der Waals surface area contributed by atoms with Gasteiger partial charge in [-0.25, -0.2) is 9.78 Å². The van der Waals surface area contributed by atoms with Crippen molar-refractivity contribution in [3.63, 3.8) is 0 Å². The van der Waals surface area contributed by atoms with Crippen molar-refractivity contribution in [3.05, 3.63) is 70.7 Å². The fraction of sp³-hybridized carbons (Fsp3) is 0.0526. The van der Waals surface area contributed by atoms with E-state index in [0.29, 0.717) is 15.8 Å². The summed E-state index contributed by atoms with van der Waals surface area (Å²) < 4.78 is 5.29. The van der Waals surface area contributed by atoms with Crippen LogP contribution in [0.5, 0.6) is 5.75 Å². The lowest BCUT2D eigenvalue weighted by atomic mass is 10.1. The zero-order chi connectivity index (χ0) is 19.0. The molecule has 134 valence electrons. The zero-order valence-electron chi connectivity index (χ0n) is 14.0. The van der Waals surface area contributed by atoms with Gasteiger partial charge in [0.15, 0.2) is 5.69 Å². The topological polar surface area (TPSA) is 85.8 Å². The molecule has 8 heteroatoms. The maximum absolute atomic E-state index is 12.4. The Balaban J connectivity index is 1.56. The van der Waals surface area contributed by atoms with Gasteiger partial charge in [-0.1, -0.05) is 29.3 Å². The average Bonchev–Trinajstić information content (AvgIpc) is 3.28. The van der Waals surface area contributed by atoms with Gasteiger partial charge in [-0.05, 0) is 24.3 Å². The molecule has 1 aliphatic rings. The summed E-state index contributed by atoms with van der Waals surface area (Å²) in [5.41, 5.74) is 1.12. The number of ether oxygens (including phenoxy) is 1. The molecule has 7 nitrogen and oxygen atoms in total. The number of methoxy groups -OCH3 is 1. The number of rotatable bonds is 4. The molecule has 0 fully saturated rings. The third kappa shape index (κ3) is 2.85. The van der Waals surface area contributed by atoms with E-state index in [1.807, 2.05) is 18.2 Å². The van der Waals surface area contributed by atoms with Crippen LogP contribution in [-0.4, -0.2) is 34.9 Å². The lowest BCUT2D eigenvalue weighted by Gasteiger charge is -2.11. The minimum atomic E-state index is -0.887. The molecule has 2 aromatic carbocycles. The van der Waals surface area contributed by atoms with E-state index in [1.54, 1.807) is 25.3 Å². The van der Waals surface area contributed by atoms with Crippen LogP contribution in [0.1, 0.15) is 31.2 Å². The normalized spacial score (nSPS) is 12.9. The van der Waals surface area contributed by atoms with Crippen LogP contribution in [0.2, 0.25) is 0 Å². The summed E-state index contributed by atoms with van der Waals surface area (Å²) >= 11 is 1.23. The smallest absolute Gasteiger partial charge is 0.383 e. The number of para-hydroxylation sites is 1. The van der Waals surface area contributed by atoms with E-state index in [4.69, 9.17) is 9.57 Å². The van der Waals surface area contributed by atoms with Crippen molar-refractivity contribution < 1.29 is 24.0 Å². The molecule has 2 heterocycles. The second kappa shape index (κ2) is 6.65. The monoisotopic (exact) mass is 380 g/mol. The first-order valence-corrected chi connectivity index (χ1v) is 8.77. The third-order valence-electron chi connectivity index (χ3n) is 3.98. The molecule has 27 heavy (non-hydrogen) atoms. The van der Waals surface area contributed by atoms with Gasteiger partial charge in [0.05, 0.1) is 23.8 Å². The zero-order valence-corrected chi connectivity index (χ0v) is 14.9. The van der Waals surface area contributed by atoms with Crippen molar-refractivity contribution in [2.24, 2.45) is 0 Å². The van der Waals surface area contributed by atoms with Crippen LogP contribution in [0, 0.1) is 0 Å². The Morgan fingerprint density at radius 3 is 2.19 bits per heavy atom. The van der Waals surface area contributed by atoms with Crippen LogP contribution in [0.15, 0.2) is 53.9 Å². The summed E-state index contributed by atoms with van der Waals surface area (Å²) in [5, 5.41) is 2.53. The number of aromatic nitrogens is 1. The molecular formula is C19H12N2O5S. The molecule has 2 amide bonds. The number of hydrogen-bond acceptors (Lipinski definition) is 7. The first-order valence-electron chi connectivity index (χ1n) is 7.89. The number of carbonyl (C=O) groups excluding carboxylic acids is 3. The van der Waals surface area contributed by atoms with Crippen molar-refractivity contribution in [2.45, 2.75) is 0 Å². The number of thiazole rings is 1. The molecule has 0 N–H and O–H groups in total. The highest BCUT2D eigenvalue weighted by Gasteiger charge is 2.39. The number of carbonyl (C=O) groups is 3. The van der Waals surface area contributed by atoms with Crippen LogP contribution in [0.25, 0.3) is 10.6 Å². The summed E-state index contributed by atoms with van der Waals surface area (Å²) in [6, 6.07) is 13.5. The Kier molecular flexibility index (Phi) is 4.17. The minimum Gasteiger partial charge on any atom is -0.496 e. The fourth-order valence-corrected chi connectivity index (χ4v) is 3.51.